The number of amides is 2. The number of aromatic nitrogens is 1. The molecule has 3 heterocycles. The Hall–Kier alpha value is -3.27. The second kappa shape index (κ2) is 10.5. The number of nitro benzene ring substituents is 1. The molecule has 0 aliphatic carbocycles. The quantitative estimate of drug-likeness (QED) is 0.177. The summed E-state index contributed by atoms with van der Waals surface area (Å²) in [4.78, 5) is 40.9. The van der Waals surface area contributed by atoms with E-state index in [1.807, 2.05) is 36.6 Å². The summed E-state index contributed by atoms with van der Waals surface area (Å²) in [6.07, 6.45) is 3.75. The van der Waals surface area contributed by atoms with Gasteiger partial charge in [-0.05, 0) is 86.0 Å². The summed E-state index contributed by atoms with van der Waals surface area (Å²) in [5.74, 6) is -0.388. The van der Waals surface area contributed by atoms with Crippen molar-refractivity contribution in [3.8, 4) is 5.69 Å². The van der Waals surface area contributed by atoms with Gasteiger partial charge in [0.1, 0.15) is 5.69 Å². The smallest absolute Gasteiger partial charge is 0.294 e. The molecule has 1 aromatic heterocycles. The number of thioether (sulfide) groups is 1. The van der Waals surface area contributed by atoms with E-state index in [-0.39, 0.29) is 28.3 Å². The molecule has 196 valence electrons. The minimum Gasteiger partial charge on any atom is -0.366 e. The van der Waals surface area contributed by atoms with Gasteiger partial charge in [0.25, 0.3) is 16.8 Å². The number of hydrogen-bond donors (Lipinski definition) is 0. The maximum absolute atomic E-state index is 13.1. The normalized spacial score (nSPS) is 16.8. The lowest BCUT2D eigenvalue weighted by atomic mass is 10.2. The van der Waals surface area contributed by atoms with Crippen molar-refractivity contribution < 1.29 is 14.5 Å². The molecule has 0 N–H and O–H groups in total. The molecule has 5 rings (SSSR count). The summed E-state index contributed by atoms with van der Waals surface area (Å²) in [5.41, 5.74) is 4.49. The summed E-state index contributed by atoms with van der Waals surface area (Å²) >= 11 is 12.9. The average Bonchev–Trinajstić information content (AvgIpc) is 3.57. The molecule has 8 nitrogen and oxygen atoms in total. The molecule has 11 heteroatoms. The number of aryl methyl sites for hydroxylation is 1. The van der Waals surface area contributed by atoms with Gasteiger partial charge in [0.05, 0.1) is 32.1 Å². The van der Waals surface area contributed by atoms with E-state index in [1.165, 1.54) is 4.90 Å². The lowest BCUT2D eigenvalue weighted by Crippen LogP contribution is -2.27. The summed E-state index contributed by atoms with van der Waals surface area (Å²) in [5, 5.41) is 12.3. The molecule has 0 bridgehead atoms. The maximum atomic E-state index is 13.1. The van der Waals surface area contributed by atoms with Crippen LogP contribution in [0.15, 0.2) is 47.4 Å². The molecule has 2 amide bonds. The van der Waals surface area contributed by atoms with Crippen LogP contribution in [0.1, 0.15) is 35.4 Å². The van der Waals surface area contributed by atoms with Crippen LogP contribution in [-0.2, 0) is 11.3 Å². The Balaban J connectivity index is 1.44. The molecule has 2 aliphatic heterocycles. The highest BCUT2D eigenvalue weighted by Gasteiger charge is 2.35. The van der Waals surface area contributed by atoms with Crippen molar-refractivity contribution >= 4 is 63.6 Å². The molecule has 2 saturated heterocycles. The third kappa shape index (κ3) is 4.93. The number of nitrogens with zero attached hydrogens (tertiary/aromatic N) is 4. The van der Waals surface area contributed by atoms with Gasteiger partial charge in [-0.25, -0.2) is 0 Å². The first-order valence-corrected chi connectivity index (χ1v) is 13.6. The van der Waals surface area contributed by atoms with Crippen molar-refractivity contribution in [2.45, 2.75) is 33.2 Å². The number of carbonyl (C=O) groups excluding carboxylic acids is 2. The van der Waals surface area contributed by atoms with Gasteiger partial charge in [-0.3, -0.25) is 24.6 Å². The predicted octanol–water partition coefficient (Wildman–Crippen LogP) is 7.15. The molecule has 2 fully saturated rings. The summed E-state index contributed by atoms with van der Waals surface area (Å²) in [7, 11) is 0. The summed E-state index contributed by atoms with van der Waals surface area (Å²) < 4.78 is 1.92. The van der Waals surface area contributed by atoms with E-state index in [1.54, 1.807) is 30.3 Å². The average molecular weight is 571 g/mol. The monoisotopic (exact) mass is 570 g/mol. The van der Waals surface area contributed by atoms with Crippen LogP contribution in [0.2, 0.25) is 10.0 Å². The van der Waals surface area contributed by atoms with Crippen LogP contribution >= 0.6 is 35.0 Å². The van der Waals surface area contributed by atoms with Crippen LogP contribution in [0.25, 0.3) is 11.8 Å². The van der Waals surface area contributed by atoms with Crippen LogP contribution < -0.4 is 4.90 Å². The predicted molar refractivity (Wildman–Crippen MR) is 151 cm³/mol. The highest BCUT2D eigenvalue weighted by atomic mass is 35.5. The minimum atomic E-state index is -0.388. The minimum absolute atomic E-state index is 0.0712. The maximum Gasteiger partial charge on any atom is 0.294 e. The van der Waals surface area contributed by atoms with E-state index in [0.717, 1.165) is 54.6 Å². The molecule has 2 aliphatic rings. The number of nitro groups is 1. The zero-order chi connectivity index (χ0) is 27.1. The van der Waals surface area contributed by atoms with Gasteiger partial charge >= 0.3 is 0 Å². The van der Waals surface area contributed by atoms with Gasteiger partial charge in [0.2, 0.25) is 0 Å². The van der Waals surface area contributed by atoms with E-state index >= 15 is 0 Å². The Morgan fingerprint density at radius 1 is 1.03 bits per heavy atom. The van der Waals surface area contributed by atoms with Crippen LogP contribution in [0, 0.1) is 24.0 Å². The zero-order valence-corrected chi connectivity index (χ0v) is 23.1. The molecule has 0 spiro atoms. The van der Waals surface area contributed by atoms with Crippen LogP contribution in [0.3, 0.4) is 0 Å². The van der Waals surface area contributed by atoms with Crippen molar-refractivity contribution in [3.63, 3.8) is 0 Å². The van der Waals surface area contributed by atoms with Crippen molar-refractivity contribution in [1.82, 2.24) is 9.47 Å². The van der Waals surface area contributed by atoms with E-state index in [0.29, 0.717) is 31.9 Å². The van der Waals surface area contributed by atoms with Gasteiger partial charge in [-0.15, -0.1) is 0 Å². The van der Waals surface area contributed by atoms with Gasteiger partial charge < -0.3 is 9.47 Å². The molecular formula is C27H24Cl2N4O4S. The Labute approximate surface area is 234 Å². The highest BCUT2D eigenvalue weighted by Crippen LogP contribution is 2.37. The third-order valence-corrected chi connectivity index (χ3v) is 8.46. The van der Waals surface area contributed by atoms with Crippen LogP contribution in [-0.4, -0.2) is 38.6 Å². The first-order chi connectivity index (χ1) is 18.1. The number of carbonyl (C=O) groups is 2. The number of imide groups is 1. The molecule has 3 aromatic rings. The Bertz CT molecular complexity index is 1510. The summed E-state index contributed by atoms with van der Waals surface area (Å²) in [6.45, 7) is 5.50. The van der Waals surface area contributed by atoms with Crippen LogP contribution in [0.5, 0.6) is 0 Å². The number of anilines is 1. The standard InChI is InChI=1S/C27H24Cl2N4O4S/c1-16-11-19(13-25-26(34)31(27(35)38-25)15-18-5-7-21(28)22(29)12-18)17(2)32(16)20-6-8-23(24(14-20)33(36)37)30-9-3-4-10-30/h5-8,11-14H,3-4,9-10,15H2,1-2H3/b25-13-. The number of halogens is 2. The summed E-state index contributed by atoms with van der Waals surface area (Å²) in [6, 6.07) is 12.2. The fourth-order valence-electron chi connectivity index (χ4n) is 4.95. The highest BCUT2D eigenvalue weighted by molar-refractivity contribution is 8.18. The molecule has 0 saturated carbocycles. The largest absolute Gasteiger partial charge is 0.366 e. The zero-order valence-electron chi connectivity index (χ0n) is 20.7. The third-order valence-electron chi connectivity index (χ3n) is 6.82. The Morgan fingerprint density at radius 3 is 2.45 bits per heavy atom. The Morgan fingerprint density at radius 2 is 1.76 bits per heavy atom. The molecule has 0 atom stereocenters. The van der Waals surface area contributed by atoms with Crippen LogP contribution in [0.4, 0.5) is 16.2 Å². The van der Waals surface area contributed by atoms with Crippen molar-refractivity contribution in [2.75, 3.05) is 18.0 Å². The van der Waals surface area contributed by atoms with Crippen molar-refractivity contribution in [3.05, 3.63) is 90.0 Å². The molecular weight excluding hydrogens is 547 g/mol. The van der Waals surface area contributed by atoms with Crippen molar-refractivity contribution in [1.29, 1.82) is 0 Å². The number of rotatable bonds is 6. The number of hydrogen-bond acceptors (Lipinski definition) is 6. The van der Waals surface area contributed by atoms with E-state index in [2.05, 4.69) is 4.90 Å². The lowest BCUT2D eigenvalue weighted by Gasteiger charge is -2.19. The molecule has 2 aromatic carbocycles. The molecule has 0 radical (unpaired) electrons. The van der Waals surface area contributed by atoms with E-state index < -0.39 is 0 Å². The van der Waals surface area contributed by atoms with Gasteiger partial charge in [-0.2, -0.15) is 0 Å². The SMILES string of the molecule is Cc1cc(/C=C2\SC(=O)N(Cc3ccc(Cl)c(Cl)c3)C2=O)c(C)n1-c1ccc(N2CCCC2)c([N+](=O)[O-])c1. The number of benzene rings is 2. The van der Waals surface area contributed by atoms with Gasteiger partial charge in [0, 0.05) is 30.5 Å². The molecule has 0 unspecified atom stereocenters. The second-order valence-corrected chi connectivity index (χ2v) is 11.1. The topological polar surface area (TPSA) is 88.7 Å². The fraction of sp³-hybridized carbons (Fsp3) is 0.259. The van der Waals surface area contributed by atoms with Gasteiger partial charge in [-0.1, -0.05) is 29.3 Å². The van der Waals surface area contributed by atoms with Crippen molar-refractivity contribution in [2.24, 2.45) is 0 Å². The Kier molecular flexibility index (Phi) is 7.26. The second-order valence-electron chi connectivity index (χ2n) is 9.30. The van der Waals surface area contributed by atoms with E-state index in [4.69, 9.17) is 23.2 Å². The lowest BCUT2D eigenvalue weighted by molar-refractivity contribution is -0.384. The first kappa shape index (κ1) is 26.3. The fourth-order valence-corrected chi connectivity index (χ4v) is 6.10. The van der Waals surface area contributed by atoms with E-state index in [9.17, 15) is 19.7 Å². The molecule has 38 heavy (non-hydrogen) atoms. The van der Waals surface area contributed by atoms with Gasteiger partial charge in [0.15, 0.2) is 0 Å². The first-order valence-electron chi connectivity index (χ1n) is 12.1.